The minimum atomic E-state index is -1.27. The highest BCUT2D eigenvalue weighted by molar-refractivity contribution is 7.14. The van der Waals surface area contributed by atoms with Crippen molar-refractivity contribution in [1.29, 1.82) is 0 Å². The highest BCUT2D eigenvalue weighted by atomic mass is 32.1. The van der Waals surface area contributed by atoms with E-state index in [4.69, 9.17) is 0 Å². The van der Waals surface area contributed by atoms with E-state index in [0.717, 1.165) is 15.3 Å². The average molecular weight is 481 g/mol. The minimum absolute atomic E-state index is 0.0122. The third-order valence-corrected chi connectivity index (χ3v) is 6.35. The van der Waals surface area contributed by atoms with Crippen molar-refractivity contribution < 1.29 is 24.6 Å². The van der Waals surface area contributed by atoms with Gasteiger partial charge in [0.15, 0.2) is 0 Å². The van der Waals surface area contributed by atoms with E-state index in [1.807, 2.05) is 0 Å². The van der Waals surface area contributed by atoms with Crippen LogP contribution in [-0.4, -0.2) is 49.6 Å². The molecule has 4 N–H and O–H groups in total. The number of nitrogens with one attached hydrogen (secondary N) is 2. The maximum Gasteiger partial charge on any atom is 0.337 e. The van der Waals surface area contributed by atoms with Crippen LogP contribution in [0.25, 0.3) is 11.0 Å². The molecule has 0 radical (unpaired) electrons. The molecule has 11 heteroatoms. The SMILES string of the molecule is Cc1nc2[nH]cc(CCc3ccc(C(=O)N(CC(=O)O)c4ccccc4C(=O)O)s3)c2c(=O)[nH]1. The maximum absolute atomic E-state index is 13.2. The fourth-order valence-corrected chi connectivity index (χ4v) is 4.68. The van der Waals surface area contributed by atoms with Crippen molar-refractivity contribution in [2.75, 3.05) is 11.4 Å². The lowest BCUT2D eigenvalue weighted by Gasteiger charge is -2.21. The first-order valence-corrected chi connectivity index (χ1v) is 11.1. The van der Waals surface area contributed by atoms with Gasteiger partial charge >= 0.3 is 11.9 Å². The lowest BCUT2D eigenvalue weighted by Crippen LogP contribution is -2.36. The molecule has 3 heterocycles. The van der Waals surface area contributed by atoms with E-state index in [0.29, 0.717) is 29.7 Å². The fourth-order valence-electron chi connectivity index (χ4n) is 3.72. The van der Waals surface area contributed by atoms with Crippen molar-refractivity contribution in [3.63, 3.8) is 0 Å². The van der Waals surface area contributed by atoms with Gasteiger partial charge in [-0.05, 0) is 49.6 Å². The predicted octanol–water partition coefficient (Wildman–Crippen LogP) is 2.84. The number of carboxylic acids is 2. The fraction of sp³-hybridized carbons (Fsp3) is 0.174. The topological polar surface area (TPSA) is 156 Å². The smallest absolute Gasteiger partial charge is 0.337 e. The van der Waals surface area contributed by atoms with Crippen molar-refractivity contribution in [3.8, 4) is 0 Å². The van der Waals surface area contributed by atoms with Crippen molar-refractivity contribution >= 4 is 45.9 Å². The summed E-state index contributed by atoms with van der Waals surface area (Å²) in [5.74, 6) is -2.61. The molecular formula is C23H20N4O6S. The van der Waals surface area contributed by atoms with Crippen LogP contribution in [0.15, 0.2) is 47.4 Å². The first-order valence-electron chi connectivity index (χ1n) is 10.3. The van der Waals surface area contributed by atoms with Crippen molar-refractivity contribution in [2.24, 2.45) is 0 Å². The van der Waals surface area contributed by atoms with E-state index in [1.54, 1.807) is 31.3 Å². The normalized spacial score (nSPS) is 11.0. The van der Waals surface area contributed by atoms with Crippen molar-refractivity contribution in [2.45, 2.75) is 19.8 Å². The molecule has 0 spiro atoms. The van der Waals surface area contributed by atoms with Crippen LogP contribution in [0.2, 0.25) is 0 Å². The third kappa shape index (κ3) is 4.59. The highest BCUT2D eigenvalue weighted by Gasteiger charge is 2.26. The number of aliphatic carboxylic acids is 1. The molecule has 1 aromatic carbocycles. The number of amides is 1. The molecule has 0 saturated heterocycles. The number of aromatic carboxylic acids is 1. The van der Waals surface area contributed by atoms with Gasteiger partial charge in [-0.3, -0.25) is 19.3 Å². The zero-order valence-electron chi connectivity index (χ0n) is 18.0. The number of thiophene rings is 1. The molecule has 0 unspecified atom stereocenters. The second-order valence-corrected chi connectivity index (χ2v) is 8.73. The molecule has 3 aromatic heterocycles. The van der Waals surface area contributed by atoms with Crippen LogP contribution in [0.1, 0.15) is 36.3 Å². The number of carbonyl (C=O) groups excluding carboxylic acids is 1. The third-order valence-electron chi connectivity index (χ3n) is 5.22. The number of anilines is 1. The number of carboxylic acid groups (broad SMARTS) is 2. The molecule has 4 rings (SSSR count). The Balaban J connectivity index is 1.57. The number of fused-ring (bicyclic) bond motifs is 1. The number of nitrogens with zero attached hydrogens (tertiary/aromatic N) is 2. The number of carbonyl (C=O) groups is 3. The van der Waals surface area contributed by atoms with Crippen LogP contribution >= 0.6 is 11.3 Å². The number of hydrogen-bond donors (Lipinski definition) is 4. The van der Waals surface area contributed by atoms with E-state index in [-0.39, 0.29) is 21.7 Å². The summed E-state index contributed by atoms with van der Waals surface area (Å²) in [5, 5.41) is 19.3. The van der Waals surface area contributed by atoms with E-state index in [9.17, 15) is 29.4 Å². The molecular weight excluding hydrogens is 460 g/mol. The van der Waals surface area contributed by atoms with Crippen LogP contribution in [0.5, 0.6) is 0 Å². The summed E-state index contributed by atoms with van der Waals surface area (Å²) in [6, 6.07) is 9.13. The first-order chi connectivity index (χ1) is 16.2. The number of aromatic amines is 2. The molecule has 4 aromatic rings. The Labute approximate surface area is 196 Å². The second kappa shape index (κ2) is 9.32. The number of aromatic nitrogens is 3. The zero-order valence-corrected chi connectivity index (χ0v) is 18.8. The van der Waals surface area contributed by atoms with Gasteiger partial charge in [0.2, 0.25) is 0 Å². The van der Waals surface area contributed by atoms with Gasteiger partial charge in [-0.25, -0.2) is 9.78 Å². The van der Waals surface area contributed by atoms with Crippen LogP contribution in [0.3, 0.4) is 0 Å². The van der Waals surface area contributed by atoms with Crippen LogP contribution < -0.4 is 10.5 Å². The van der Waals surface area contributed by atoms with E-state index < -0.39 is 24.4 Å². The molecule has 0 saturated carbocycles. The largest absolute Gasteiger partial charge is 0.480 e. The molecule has 0 atom stereocenters. The molecule has 174 valence electrons. The van der Waals surface area contributed by atoms with Crippen LogP contribution in [0, 0.1) is 6.92 Å². The number of rotatable bonds is 8. The molecule has 0 bridgehead atoms. The number of aryl methyl sites for hydroxylation is 3. The van der Waals surface area contributed by atoms with Crippen molar-refractivity contribution in [3.05, 3.63) is 79.7 Å². The molecule has 1 amide bonds. The number of para-hydroxylation sites is 1. The van der Waals surface area contributed by atoms with E-state index >= 15 is 0 Å². The monoisotopic (exact) mass is 480 g/mol. The average Bonchev–Trinajstić information content (AvgIpc) is 3.42. The Morgan fingerprint density at radius 1 is 1.09 bits per heavy atom. The Morgan fingerprint density at radius 3 is 2.59 bits per heavy atom. The van der Waals surface area contributed by atoms with Crippen molar-refractivity contribution in [1.82, 2.24) is 15.0 Å². The minimum Gasteiger partial charge on any atom is -0.480 e. The maximum atomic E-state index is 13.2. The van der Waals surface area contributed by atoms with Gasteiger partial charge in [0.25, 0.3) is 11.5 Å². The van der Waals surface area contributed by atoms with E-state index in [1.165, 1.54) is 29.5 Å². The van der Waals surface area contributed by atoms with Gasteiger partial charge < -0.3 is 20.2 Å². The van der Waals surface area contributed by atoms with Gasteiger partial charge in [-0.15, -0.1) is 11.3 Å². The summed E-state index contributed by atoms with van der Waals surface area (Å²) in [6.45, 7) is 1.02. The number of benzene rings is 1. The second-order valence-electron chi connectivity index (χ2n) is 7.56. The lowest BCUT2D eigenvalue weighted by atomic mass is 10.1. The zero-order chi connectivity index (χ0) is 24.4. The molecule has 0 aliphatic rings. The van der Waals surface area contributed by atoms with Gasteiger partial charge in [-0.1, -0.05) is 12.1 Å². The Hall–Kier alpha value is -4.25. The van der Waals surface area contributed by atoms with E-state index in [2.05, 4.69) is 15.0 Å². The lowest BCUT2D eigenvalue weighted by molar-refractivity contribution is -0.135. The Bertz CT molecular complexity index is 1470. The summed E-state index contributed by atoms with van der Waals surface area (Å²) in [7, 11) is 0. The Kier molecular flexibility index (Phi) is 6.28. The van der Waals surface area contributed by atoms with Gasteiger partial charge in [0.1, 0.15) is 18.0 Å². The summed E-state index contributed by atoms with van der Waals surface area (Å²) >= 11 is 1.20. The Morgan fingerprint density at radius 2 is 1.85 bits per heavy atom. The predicted molar refractivity (Wildman–Crippen MR) is 126 cm³/mol. The number of hydrogen-bond acceptors (Lipinski definition) is 6. The molecule has 0 aliphatic carbocycles. The molecule has 0 aliphatic heterocycles. The van der Waals surface area contributed by atoms with Gasteiger partial charge in [0.05, 0.1) is 21.5 Å². The summed E-state index contributed by atoms with van der Waals surface area (Å²) in [5.41, 5.74) is 0.940. The summed E-state index contributed by atoms with van der Waals surface area (Å²) < 4.78 is 0. The van der Waals surface area contributed by atoms with Crippen LogP contribution in [0.4, 0.5) is 5.69 Å². The van der Waals surface area contributed by atoms with Crippen LogP contribution in [-0.2, 0) is 17.6 Å². The highest BCUT2D eigenvalue weighted by Crippen LogP contribution is 2.26. The quantitative estimate of drug-likeness (QED) is 0.302. The molecule has 10 nitrogen and oxygen atoms in total. The first kappa shape index (κ1) is 22.9. The van der Waals surface area contributed by atoms with Gasteiger partial charge in [0, 0.05) is 11.1 Å². The summed E-state index contributed by atoms with van der Waals surface area (Å²) in [4.78, 5) is 60.6. The number of H-pyrrole nitrogens is 2. The molecule has 34 heavy (non-hydrogen) atoms. The van der Waals surface area contributed by atoms with Gasteiger partial charge in [-0.2, -0.15) is 0 Å². The summed E-state index contributed by atoms with van der Waals surface area (Å²) in [6.07, 6.45) is 2.81. The molecule has 0 fully saturated rings. The standard InChI is InChI=1S/C23H20N4O6S/c1-12-25-20-19(21(30)26-12)13(10-24-20)6-7-14-8-9-17(34-14)22(31)27(11-18(28)29)16-5-3-2-4-15(16)23(32)33/h2-5,8-10H,6-7,11H2,1H3,(H,28,29)(H,32,33)(H2,24,25,26,30).